The molecule has 0 amide bonds. The van der Waals surface area contributed by atoms with E-state index < -0.39 is 0 Å². The fourth-order valence-electron chi connectivity index (χ4n) is 3.10. The molecule has 0 aromatic carbocycles. The van der Waals surface area contributed by atoms with Crippen LogP contribution in [0.15, 0.2) is 12.4 Å². The first-order valence-corrected chi connectivity index (χ1v) is 7.91. The van der Waals surface area contributed by atoms with E-state index in [1.807, 2.05) is 6.07 Å². The normalized spacial score (nSPS) is 19.8. The smallest absolute Gasteiger partial charge is 0.126 e. The molecule has 3 heteroatoms. The topological polar surface area (TPSA) is 51.8 Å². The van der Waals surface area contributed by atoms with Gasteiger partial charge >= 0.3 is 0 Å². The third-order valence-corrected chi connectivity index (χ3v) is 4.22. The van der Waals surface area contributed by atoms with E-state index in [0.29, 0.717) is 5.82 Å². The van der Waals surface area contributed by atoms with Crippen molar-refractivity contribution in [3.8, 4) is 0 Å². The van der Waals surface area contributed by atoms with E-state index in [2.05, 4.69) is 9.97 Å². The van der Waals surface area contributed by atoms with Crippen molar-refractivity contribution in [3.05, 3.63) is 18.1 Å². The lowest BCUT2D eigenvalue weighted by Crippen LogP contribution is -2.07. The molecule has 19 heavy (non-hydrogen) atoms. The van der Waals surface area contributed by atoms with Crippen molar-refractivity contribution in [3.63, 3.8) is 0 Å². The van der Waals surface area contributed by atoms with E-state index in [-0.39, 0.29) is 0 Å². The second kappa shape index (κ2) is 8.13. The number of nitrogens with two attached hydrogens (primary N) is 1. The van der Waals surface area contributed by atoms with Gasteiger partial charge in [-0.25, -0.2) is 9.97 Å². The number of aromatic nitrogens is 2. The van der Waals surface area contributed by atoms with Crippen LogP contribution < -0.4 is 5.73 Å². The molecule has 1 heterocycles. The number of nitrogens with zero attached hydrogens (tertiary/aromatic N) is 2. The Kier molecular flexibility index (Phi) is 6.12. The maximum absolute atomic E-state index is 5.73. The van der Waals surface area contributed by atoms with Crippen LogP contribution in [0.5, 0.6) is 0 Å². The molecule has 3 nitrogen and oxygen atoms in total. The molecule has 0 spiro atoms. The highest BCUT2D eigenvalue weighted by Gasteiger charge is 2.11. The minimum absolute atomic E-state index is 0.599. The molecule has 1 aliphatic rings. The molecule has 2 rings (SSSR count). The van der Waals surface area contributed by atoms with Gasteiger partial charge in [-0.15, -0.1) is 0 Å². The van der Waals surface area contributed by atoms with Crippen LogP contribution in [0.1, 0.15) is 69.9 Å². The van der Waals surface area contributed by atoms with Gasteiger partial charge < -0.3 is 5.73 Å². The number of nitrogen functional groups attached to an aromatic ring is 1. The van der Waals surface area contributed by atoms with Crippen LogP contribution in [0, 0.1) is 5.92 Å². The minimum atomic E-state index is 0.599. The Morgan fingerprint density at radius 1 is 0.895 bits per heavy atom. The molecule has 1 aromatic heterocycles. The highest BCUT2D eigenvalue weighted by atomic mass is 14.9. The summed E-state index contributed by atoms with van der Waals surface area (Å²) in [5, 5.41) is 0. The molecule has 1 fully saturated rings. The quantitative estimate of drug-likeness (QED) is 0.870. The van der Waals surface area contributed by atoms with Gasteiger partial charge in [-0.2, -0.15) is 0 Å². The Balaban J connectivity index is 1.87. The predicted octanol–water partition coefficient (Wildman–Crippen LogP) is 4.13. The number of hydrogen-bond acceptors (Lipinski definition) is 3. The third-order valence-electron chi connectivity index (χ3n) is 4.22. The zero-order chi connectivity index (χ0) is 13.3. The monoisotopic (exact) mass is 261 g/mol. The average molecular weight is 261 g/mol. The van der Waals surface area contributed by atoms with E-state index in [4.69, 9.17) is 5.73 Å². The lowest BCUT2D eigenvalue weighted by atomic mass is 9.91. The van der Waals surface area contributed by atoms with Gasteiger partial charge in [0, 0.05) is 11.8 Å². The molecule has 0 unspecified atom stereocenters. The summed E-state index contributed by atoms with van der Waals surface area (Å²) in [5.74, 6) is 1.38. The fourth-order valence-corrected chi connectivity index (χ4v) is 3.10. The molecule has 0 aliphatic heterocycles. The van der Waals surface area contributed by atoms with Gasteiger partial charge in [-0.3, -0.25) is 0 Å². The standard InChI is InChI=1S/C16H27N3/c17-16-12-15(18-13-19-16)11-14-9-7-5-3-1-2-4-6-8-10-14/h12-14H,1-11H2,(H2,17,18,19). The van der Waals surface area contributed by atoms with Crippen LogP contribution in [-0.4, -0.2) is 9.97 Å². The number of anilines is 1. The highest BCUT2D eigenvalue weighted by molar-refractivity contribution is 5.27. The van der Waals surface area contributed by atoms with Gasteiger partial charge in [0.1, 0.15) is 12.1 Å². The molecular formula is C16H27N3. The Hall–Kier alpha value is -1.12. The van der Waals surface area contributed by atoms with Gasteiger partial charge in [-0.1, -0.05) is 64.2 Å². The summed E-state index contributed by atoms with van der Waals surface area (Å²) in [4.78, 5) is 8.33. The number of hydrogen-bond donors (Lipinski definition) is 1. The van der Waals surface area contributed by atoms with Crippen LogP contribution in [-0.2, 0) is 6.42 Å². The summed E-state index contributed by atoms with van der Waals surface area (Å²) >= 11 is 0. The first-order chi connectivity index (χ1) is 9.34. The third kappa shape index (κ3) is 5.58. The van der Waals surface area contributed by atoms with E-state index in [0.717, 1.165) is 18.0 Å². The summed E-state index contributed by atoms with van der Waals surface area (Å²) in [6.45, 7) is 0. The van der Waals surface area contributed by atoms with Crippen LogP contribution in [0.25, 0.3) is 0 Å². The second-order valence-electron chi connectivity index (χ2n) is 5.91. The van der Waals surface area contributed by atoms with Crippen LogP contribution in [0.2, 0.25) is 0 Å². The van der Waals surface area contributed by atoms with E-state index in [9.17, 15) is 0 Å². The first-order valence-electron chi connectivity index (χ1n) is 7.91. The van der Waals surface area contributed by atoms with Crippen molar-refractivity contribution >= 4 is 5.82 Å². The van der Waals surface area contributed by atoms with E-state index in [1.165, 1.54) is 64.2 Å². The molecule has 0 radical (unpaired) electrons. The van der Waals surface area contributed by atoms with Crippen molar-refractivity contribution in [1.82, 2.24) is 9.97 Å². The largest absolute Gasteiger partial charge is 0.384 e. The maximum Gasteiger partial charge on any atom is 0.126 e. The lowest BCUT2D eigenvalue weighted by Gasteiger charge is -2.16. The van der Waals surface area contributed by atoms with Crippen molar-refractivity contribution in [2.45, 2.75) is 70.6 Å². The molecule has 106 valence electrons. The zero-order valence-corrected chi connectivity index (χ0v) is 12.0. The molecule has 0 saturated heterocycles. The Labute approximate surface area is 117 Å². The van der Waals surface area contributed by atoms with Gasteiger partial charge in [0.15, 0.2) is 0 Å². The van der Waals surface area contributed by atoms with Crippen molar-refractivity contribution < 1.29 is 0 Å². The van der Waals surface area contributed by atoms with Crippen molar-refractivity contribution in [2.24, 2.45) is 5.92 Å². The van der Waals surface area contributed by atoms with Gasteiger partial charge in [0.2, 0.25) is 0 Å². The van der Waals surface area contributed by atoms with Gasteiger partial charge in [0.05, 0.1) is 0 Å². The van der Waals surface area contributed by atoms with Gasteiger partial charge in [0.25, 0.3) is 0 Å². The zero-order valence-electron chi connectivity index (χ0n) is 12.0. The fraction of sp³-hybridized carbons (Fsp3) is 0.750. The molecule has 1 aliphatic carbocycles. The Bertz CT molecular complexity index is 353. The van der Waals surface area contributed by atoms with E-state index in [1.54, 1.807) is 6.33 Å². The first kappa shape index (κ1) is 14.3. The maximum atomic E-state index is 5.73. The summed E-state index contributed by atoms with van der Waals surface area (Å²) in [6.07, 6.45) is 16.7. The molecule has 1 saturated carbocycles. The summed E-state index contributed by atoms with van der Waals surface area (Å²) in [6, 6.07) is 1.94. The number of rotatable bonds is 2. The second-order valence-corrected chi connectivity index (χ2v) is 5.91. The minimum Gasteiger partial charge on any atom is -0.384 e. The molecule has 1 aromatic rings. The summed E-state index contributed by atoms with van der Waals surface area (Å²) in [7, 11) is 0. The van der Waals surface area contributed by atoms with Crippen LogP contribution >= 0.6 is 0 Å². The van der Waals surface area contributed by atoms with Crippen molar-refractivity contribution in [2.75, 3.05) is 5.73 Å². The molecule has 0 bridgehead atoms. The van der Waals surface area contributed by atoms with Crippen LogP contribution in [0.4, 0.5) is 5.82 Å². The summed E-state index contributed by atoms with van der Waals surface area (Å²) in [5.41, 5.74) is 6.85. The van der Waals surface area contributed by atoms with Crippen LogP contribution in [0.3, 0.4) is 0 Å². The van der Waals surface area contributed by atoms with Crippen molar-refractivity contribution in [1.29, 1.82) is 0 Å². The predicted molar refractivity (Wildman–Crippen MR) is 79.8 cm³/mol. The summed E-state index contributed by atoms with van der Waals surface area (Å²) < 4.78 is 0. The Morgan fingerprint density at radius 2 is 1.47 bits per heavy atom. The average Bonchev–Trinajstić information content (AvgIpc) is 2.45. The van der Waals surface area contributed by atoms with Gasteiger partial charge in [-0.05, 0) is 12.3 Å². The molecule has 0 atom stereocenters. The lowest BCUT2D eigenvalue weighted by molar-refractivity contribution is 0.408. The molecular weight excluding hydrogens is 234 g/mol. The Morgan fingerprint density at radius 3 is 2.05 bits per heavy atom. The molecule has 2 N–H and O–H groups in total. The SMILES string of the molecule is Nc1cc(CC2CCCCCCCCCC2)ncn1. The van der Waals surface area contributed by atoms with E-state index >= 15 is 0 Å². The highest BCUT2D eigenvalue weighted by Crippen LogP contribution is 2.24.